The van der Waals surface area contributed by atoms with Crippen molar-refractivity contribution in [1.29, 1.82) is 0 Å². The Hall–Kier alpha value is -9.80. The summed E-state index contributed by atoms with van der Waals surface area (Å²) in [6, 6.07) is 23.6. The van der Waals surface area contributed by atoms with Crippen LogP contribution in [0.1, 0.15) is 80.9 Å². The quantitative estimate of drug-likeness (QED) is 0.0211. The van der Waals surface area contributed by atoms with E-state index in [1.165, 1.54) is 0 Å². The topological polar surface area (TPSA) is 269 Å². The van der Waals surface area contributed by atoms with E-state index in [0.717, 1.165) is 68.3 Å². The molecule has 0 aliphatic carbocycles. The van der Waals surface area contributed by atoms with Gasteiger partial charge in [0.2, 0.25) is 12.6 Å². The molecule has 12 aromatic heterocycles. The van der Waals surface area contributed by atoms with Gasteiger partial charge in [-0.15, -0.1) is 0 Å². The minimum atomic E-state index is -6.00. The number of aromatic nitrogens is 24. The summed E-state index contributed by atoms with van der Waals surface area (Å²) in [6.45, 7) is 28.3. The normalized spacial score (nSPS) is 11.5. The zero-order chi connectivity index (χ0) is 86.8. The van der Waals surface area contributed by atoms with E-state index in [0.29, 0.717) is 39.6 Å². The predicted molar refractivity (Wildman–Crippen MR) is 400 cm³/mol. The summed E-state index contributed by atoms with van der Waals surface area (Å²) in [4.78, 5) is 0. The van der Waals surface area contributed by atoms with Gasteiger partial charge in [-0.3, -0.25) is 0 Å². The molecule has 0 saturated heterocycles. The summed E-state index contributed by atoms with van der Waals surface area (Å²) in [5.74, 6) is -1.89. The van der Waals surface area contributed by atoms with Crippen LogP contribution in [0.5, 0.6) is 0 Å². The number of rotatable bonds is 26. The Balaban J connectivity index is 0.000000519. The summed E-state index contributed by atoms with van der Waals surface area (Å²) in [7, 11) is -17.4. The van der Waals surface area contributed by atoms with Crippen LogP contribution in [0.15, 0.2) is 159 Å². The number of ether oxygens (including phenoxy) is 6. The first kappa shape index (κ1) is 104. The number of halogens is 16. The van der Waals surface area contributed by atoms with Crippen LogP contribution in [0.4, 0.5) is 69.1 Å². The van der Waals surface area contributed by atoms with Crippen molar-refractivity contribution >= 4 is 29.0 Å². The molecule has 30 nitrogen and oxygen atoms in total. The van der Waals surface area contributed by atoms with E-state index < -0.39 is 40.6 Å². The van der Waals surface area contributed by atoms with Crippen LogP contribution in [0, 0.1) is 83.1 Å². The average Bonchev–Trinajstić information content (AvgIpc) is 1.37. The molecule has 0 N–H and O–H groups in total. The van der Waals surface area contributed by atoms with E-state index in [9.17, 15) is 69.1 Å². The number of methoxy groups -OCH3 is 4. The maximum Gasteiger partial charge on any atom is 2.00 e. The van der Waals surface area contributed by atoms with Gasteiger partial charge in [0.25, 0.3) is 11.6 Å². The molecule has 0 unspecified atom stereocenters. The second kappa shape index (κ2) is 49.6. The van der Waals surface area contributed by atoms with Gasteiger partial charge in [0.15, 0.2) is 0 Å². The van der Waals surface area contributed by atoms with E-state index in [-0.39, 0.29) is 59.9 Å². The first-order valence-electron chi connectivity index (χ1n) is 34.8. The maximum absolute atomic E-state index is 9.75. The van der Waals surface area contributed by atoms with E-state index >= 15 is 0 Å². The largest absolute Gasteiger partial charge is 2.00 e. The minimum Gasteiger partial charge on any atom is -0.418 e. The molecule has 0 saturated carbocycles. The molecular formula is C66H92B4F16Fe2N24O6. The third kappa shape index (κ3) is 35.0. The van der Waals surface area contributed by atoms with Crippen molar-refractivity contribution in [3.8, 4) is 0 Å². The zero-order valence-electron chi connectivity index (χ0n) is 67.1. The second-order valence-electron chi connectivity index (χ2n) is 24.6. The Morgan fingerprint density at radius 3 is 0.559 bits per heavy atom. The summed E-state index contributed by atoms with van der Waals surface area (Å²) >= 11 is 0. The summed E-state index contributed by atoms with van der Waals surface area (Å²) < 4.78 is 209. The van der Waals surface area contributed by atoms with E-state index in [4.69, 9.17) is 9.47 Å². The molecule has 0 aromatic carbocycles. The van der Waals surface area contributed by atoms with E-state index in [1.807, 2.05) is 155 Å². The van der Waals surface area contributed by atoms with Crippen molar-refractivity contribution in [3.63, 3.8) is 0 Å². The van der Waals surface area contributed by atoms with Crippen LogP contribution in [0.25, 0.3) is 0 Å². The molecule has 0 radical (unpaired) electrons. The van der Waals surface area contributed by atoms with Crippen LogP contribution < -0.4 is 0 Å². The number of aryl methyl sites for hydroxylation is 12. The molecule has 12 aromatic rings. The van der Waals surface area contributed by atoms with Crippen LogP contribution >= 0.6 is 0 Å². The summed E-state index contributed by atoms with van der Waals surface area (Å²) in [5, 5.41) is 54.8. The number of hydrogen-bond acceptors (Lipinski definition) is 18. The van der Waals surface area contributed by atoms with Gasteiger partial charge in [-0.05, 0) is 156 Å². The first-order valence-corrected chi connectivity index (χ1v) is 34.8. The number of hydrogen-bond donors (Lipinski definition) is 0. The van der Waals surface area contributed by atoms with Gasteiger partial charge in [0.05, 0.1) is 73.8 Å². The Bertz CT molecular complexity index is 3940. The van der Waals surface area contributed by atoms with Gasteiger partial charge in [-0.2, -0.15) is 61.2 Å². The summed E-state index contributed by atoms with van der Waals surface area (Å²) in [5.41, 5.74) is 12.5. The SMILES string of the molecule is C(=C\COCC(n1cccn1)(n1cccn1)n1cccn1)/COCC(n1cccn1)(n1cccn1)n1cccn1.COCCOC.COCCOC.Cc1cc(C)n(C(n2nc(C)cc2C)n2nc(C)cc2C)n1.Cc1cc(C)n(C(n2nc(C)cc2C)n2nc(C)cc2C)n1.F[B-](F)(F)F.F[B-](F)(F)F.F[B-](F)(F)F.F[B-](F)(F)F.[Fe+2].[Fe+2]. The number of nitrogens with zero attached hydrogens (tertiary/aromatic N) is 24. The Kier molecular flexibility index (Phi) is 43.8. The van der Waals surface area contributed by atoms with Gasteiger partial charge in [0, 0.05) is 137 Å². The van der Waals surface area contributed by atoms with Gasteiger partial charge in [-0.25, -0.2) is 56.2 Å². The van der Waals surface area contributed by atoms with Gasteiger partial charge in [-0.1, -0.05) is 12.2 Å². The molecule has 0 amide bonds. The fourth-order valence-electron chi connectivity index (χ4n) is 10.8. The van der Waals surface area contributed by atoms with E-state index in [1.54, 1.807) is 93.7 Å². The maximum atomic E-state index is 9.75. The molecule has 52 heteroatoms. The van der Waals surface area contributed by atoms with Crippen molar-refractivity contribution in [2.75, 3.05) is 81.3 Å². The summed E-state index contributed by atoms with van der Waals surface area (Å²) in [6.07, 6.45) is 24.9. The van der Waals surface area contributed by atoms with Gasteiger partial charge >= 0.3 is 63.2 Å². The van der Waals surface area contributed by atoms with E-state index in [2.05, 4.69) is 158 Å². The smallest absolute Gasteiger partial charge is 0.418 e. The Morgan fingerprint density at radius 2 is 0.449 bits per heavy atom. The molecule has 0 fully saturated rings. The third-order valence-corrected chi connectivity index (χ3v) is 15.0. The molecule has 652 valence electrons. The molecule has 12 heterocycles. The molecular weight excluding hydrogens is 1680 g/mol. The fourth-order valence-corrected chi connectivity index (χ4v) is 10.8. The zero-order valence-corrected chi connectivity index (χ0v) is 69.3. The molecule has 0 spiro atoms. The van der Waals surface area contributed by atoms with Crippen molar-refractivity contribution in [2.24, 2.45) is 0 Å². The van der Waals surface area contributed by atoms with Crippen LogP contribution in [-0.2, 0) is 74.1 Å². The fraction of sp³-hybridized carbons (Fsp3) is 0.424. The molecule has 0 aliphatic rings. The van der Waals surface area contributed by atoms with Crippen molar-refractivity contribution < 1.29 is 132 Å². The predicted octanol–water partition coefficient (Wildman–Crippen LogP) is 12.7. The standard InChI is InChI=1S/C26H28N12O2.2C16H22N6.2C4H10O2.4BF4.2Fe/c1(21-39-23-25(33-15-3-9-27-33,34-16-4-10-28-34)35-17-5-11-29-35)2-22-40-24-26(36-18-6-12-30-36,37-19-7-13-31-37)38-20-8-14-32-38;2*1-10-7-13(4)20(17-10)16(21-14(5)8-11(2)18-21)22-15(6)9-12(3)19-22;2*1-5-3-4-6-2;4*2-1(3,4)5;;/h1-20H,21-24H2;2*7-9,16H,1-6H3;2*3-4H2,1-2H3;;;;;;/q;;;;;4*-1;2*+2/b2-1+;;;;;;;;;;. The van der Waals surface area contributed by atoms with Crippen molar-refractivity contribution in [2.45, 2.75) is 107 Å². The molecule has 12 rings (SSSR count). The Morgan fingerprint density at radius 1 is 0.297 bits per heavy atom. The first-order chi connectivity index (χ1) is 54.4. The molecule has 118 heavy (non-hydrogen) atoms. The average molecular weight is 1780 g/mol. The molecule has 0 atom stereocenters. The van der Waals surface area contributed by atoms with Crippen LogP contribution in [0.3, 0.4) is 0 Å². The second-order valence-corrected chi connectivity index (χ2v) is 24.6. The van der Waals surface area contributed by atoms with Crippen LogP contribution in [-0.4, -0.2) is 228 Å². The van der Waals surface area contributed by atoms with Gasteiger partial charge in [0.1, 0.15) is 13.2 Å². The third-order valence-electron chi connectivity index (χ3n) is 15.0. The molecule has 0 bridgehead atoms. The minimum absolute atomic E-state index is 0. The van der Waals surface area contributed by atoms with Crippen LogP contribution in [0.2, 0.25) is 0 Å². The molecule has 0 aliphatic heterocycles. The monoisotopic (exact) mass is 1780 g/mol. The van der Waals surface area contributed by atoms with Crippen molar-refractivity contribution in [3.05, 3.63) is 228 Å². The Labute approximate surface area is 691 Å². The van der Waals surface area contributed by atoms with Crippen molar-refractivity contribution in [1.82, 2.24) is 117 Å². The van der Waals surface area contributed by atoms with Gasteiger partial charge < -0.3 is 97.5 Å².